The molecule has 2 aromatic rings. The van der Waals surface area contributed by atoms with Gasteiger partial charge in [-0.1, -0.05) is 49.9 Å². The van der Waals surface area contributed by atoms with Gasteiger partial charge in [-0.15, -0.1) is 0 Å². The average Bonchev–Trinajstić information content (AvgIpc) is 2.88. The highest BCUT2D eigenvalue weighted by molar-refractivity contribution is 7.92. The SMILES string of the molecule is CC[C@@H](C(=O)NC1CCCCC1)N(Cc1cccc(OC)c1)C(=O)CN(c1ccc(F)c(Cl)c1)S(C)(=O)=O. The maximum atomic E-state index is 13.8. The quantitative estimate of drug-likeness (QED) is 0.431. The fraction of sp³-hybridized carbons (Fsp3) is 0.481. The van der Waals surface area contributed by atoms with Gasteiger partial charge in [0.2, 0.25) is 21.8 Å². The van der Waals surface area contributed by atoms with Gasteiger partial charge >= 0.3 is 0 Å². The predicted molar refractivity (Wildman–Crippen MR) is 146 cm³/mol. The first-order valence-corrected chi connectivity index (χ1v) is 14.9. The van der Waals surface area contributed by atoms with E-state index >= 15 is 0 Å². The molecule has 2 amide bonds. The molecule has 1 saturated carbocycles. The molecule has 1 atom stereocenters. The molecule has 0 spiro atoms. The van der Waals surface area contributed by atoms with E-state index in [1.807, 2.05) is 13.0 Å². The zero-order valence-electron chi connectivity index (χ0n) is 22.0. The molecule has 0 radical (unpaired) electrons. The average molecular weight is 568 g/mol. The molecular formula is C27H35ClFN3O5S. The molecule has 0 aromatic heterocycles. The number of hydrogen-bond acceptors (Lipinski definition) is 5. The third-order valence-corrected chi connectivity index (χ3v) is 8.13. The maximum absolute atomic E-state index is 13.8. The fourth-order valence-electron chi connectivity index (χ4n) is 4.69. The Labute approximate surface area is 229 Å². The molecule has 3 rings (SSSR count). The van der Waals surface area contributed by atoms with Crippen molar-refractivity contribution in [3.63, 3.8) is 0 Å². The Balaban J connectivity index is 1.94. The van der Waals surface area contributed by atoms with Crippen LogP contribution in [-0.2, 0) is 26.2 Å². The molecule has 38 heavy (non-hydrogen) atoms. The van der Waals surface area contributed by atoms with E-state index in [-0.39, 0.29) is 29.2 Å². The number of benzene rings is 2. The molecule has 1 aliphatic rings. The summed E-state index contributed by atoms with van der Waals surface area (Å²) in [7, 11) is -2.42. The Morgan fingerprint density at radius 2 is 1.87 bits per heavy atom. The van der Waals surface area contributed by atoms with E-state index in [1.165, 1.54) is 18.1 Å². The predicted octanol–water partition coefficient (Wildman–Crippen LogP) is 4.51. The number of ether oxygens (including phenoxy) is 1. The van der Waals surface area contributed by atoms with Crippen LogP contribution in [0.2, 0.25) is 5.02 Å². The zero-order valence-corrected chi connectivity index (χ0v) is 23.5. The molecule has 2 aromatic carbocycles. The monoisotopic (exact) mass is 567 g/mol. The fourth-order valence-corrected chi connectivity index (χ4v) is 5.70. The van der Waals surface area contributed by atoms with Gasteiger partial charge in [0.1, 0.15) is 24.2 Å². The second-order valence-corrected chi connectivity index (χ2v) is 11.8. The molecule has 0 unspecified atom stereocenters. The minimum absolute atomic E-state index is 0.0490. The second kappa shape index (κ2) is 13.3. The van der Waals surface area contributed by atoms with Crippen molar-refractivity contribution < 1.29 is 27.1 Å². The van der Waals surface area contributed by atoms with Gasteiger partial charge in [0.05, 0.1) is 24.1 Å². The van der Waals surface area contributed by atoms with Gasteiger partial charge in [-0.25, -0.2) is 12.8 Å². The number of carbonyl (C=O) groups is 2. The number of amides is 2. The zero-order chi connectivity index (χ0) is 27.9. The summed E-state index contributed by atoms with van der Waals surface area (Å²) in [6.45, 7) is 1.29. The summed E-state index contributed by atoms with van der Waals surface area (Å²) < 4.78 is 45.3. The van der Waals surface area contributed by atoms with Crippen LogP contribution in [0.15, 0.2) is 42.5 Å². The van der Waals surface area contributed by atoms with Crippen molar-refractivity contribution in [2.24, 2.45) is 0 Å². The summed E-state index contributed by atoms with van der Waals surface area (Å²) in [5, 5.41) is 2.83. The van der Waals surface area contributed by atoms with Crippen molar-refractivity contribution in [3.8, 4) is 5.75 Å². The molecule has 1 N–H and O–H groups in total. The summed E-state index contributed by atoms with van der Waals surface area (Å²) in [6, 6.07) is 9.79. The number of sulfonamides is 1. The highest BCUT2D eigenvalue weighted by Crippen LogP contribution is 2.26. The molecule has 8 nitrogen and oxygen atoms in total. The Bertz CT molecular complexity index is 1240. The Kier molecular flexibility index (Phi) is 10.4. The van der Waals surface area contributed by atoms with Crippen LogP contribution < -0.4 is 14.4 Å². The van der Waals surface area contributed by atoms with Crippen LogP contribution in [0.25, 0.3) is 0 Å². The first kappa shape index (κ1) is 29.7. The number of nitrogens with zero attached hydrogens (tertiary/aromatic N) is 2. The van der Waals surface area contributed by atoms with Crippen LogP contribution in [0.4, 0.5) is 10.1 Å². The van der Waals surface area contributed by atoms with E-state index in [2.05, 4.69) is 5.32 Å². The topological polar surface area (TPSA) is 96.0 Å². The lowest BCUT2D eigenvalue weighted by atomic mass is 9.95. The number of methoxy groups -OCH3 is 1. The van der Waals surface area contributed by atoms with Crippen molar-refractivity contribution >= 4 is 39.1 Å². The van der Waals surface area contributed by atoms with E-state index < -0.39 is 34.3 Å². The lowest BCUT2D eigenvalue weighted by molar-refractivity contribution is -0.140. The van der Waals surface area contributed by atoms with Crippen molar-refractivity contribution in [2.75, 3.05) is 24.2 Å². The number of anilines is 1. The number of hydrogen-bond donors (Lipinski definition) is 1. The van der Waals surface area contributed by atoms with Crippen LogP contribution in [0.3, 0.4) is 0 Å². The summed E-state index contributed by atoms with van der Waals surface area (Å²) in [6.07, 6.45) is 6.28. The lowest BCUT2D eigenvalue weighted by Gasteiger charge is -2.34. The highest BCUT2D eigenvalue weighted by Gasteiger charge is 2.33. The largest absolute Gasteiger partial charge is 0.497 e. The van der Waals surface area contributed by atoms with Crippen LogP contribution in [0.5, 0.6) is 5.75 Å². The Hall–Kier alpha value is -2.85. The van der Waals surface area contributed by atoms with E-state index in [0.29, 0.717) is 12.2 Å². The number of halogens is 2. The van der Waals surface area contributed by atoms with E-state index in [1.54, 1.807) is 18.2 Å². The van der Waals surface area contributed by atoms with Gasteiger partial charge in [-0.2, -0.15) is 0 Å². The minimum Gasteiger partial charge on any atom is -0.497 e. The second-order valence-electron chi connectivity index (χ2n) is 9.51. The number of rotatable bonds is 11. The van der Waals surface area contributed by atoms with Gasteiger partial charge < -0.3 is 15.0 Å². The maximum Gasteiger partial charge on any atom is 0.244 e. The molecule has 1 fully saturated rings. The van der Waals surface area contributed by atoms with E-state index in [0.717, 1.165) is 60.4 Å². The van der Waals surface area contributed by atoms with E-state index in [9.17, 15) is 22.4 Å². The summed E-state index contributed by atoms with van der Waals surface area (Å²) in [5.41, 5.74) is 0.769. The third-order valence-electron chi connectivity index (χ3n) is 6.69. The minimum atomic E-state index is -3.95. The summed E-state index contributed by atoms with van der Waals surface area (Å²) in [5.74, 6) is -0.968. The molecule has 11 heteroatoms. The smallest absolute Gasteiger partial charge is 0.244 e. The van der Waals surface area contributed by atoms with Crippen molar-refractivity contribution in [1.82, 2.24) is 10.2 Å². The van der Waals surface area contributed by atoms with Gasteiger partial charge in [0, 0.05) is 12.6 Å². The van der Waals surface area contributed by atoms with E-state index in [4.69, 9.17) is 16.3 Å². The van der Waals surface area contributed by atoms with Crippen molar-refractivity contribution in [2.45, 2.75) is 64.1 Å². The van der Waals surface area contributed by atoms with Crippen molar-refractivity contribution in [1.29, 1.82) is 0 Å². The highest BCUT2D eigenvalue weighted by atomic mass is 35.5. The van der Waals surface area contributed by atoms with Crippen LogP contribution in [-0.4, -0.2) is 57.1 Å². The molecule has 0 saturated heterocycles. The Morgan fingerprint density at radius 3 is 2.47 bits per heavy atom. The van der Waals surface area contributed by atoms with Gasteiger partial charge in [-0.3, -0.25) is 13.9 Å². The number of nitrogens with one attached hydrogen (secondary N) is 1. The molecule has 0 bridgehead atoms. The molecule has 1 aliphatic carbocycles. The Morgan fingerprint density at radius 1 is 1.16 bits per heavy atom. The van der Waals surface area contributed by atoms with Gasteiger partial charge in [-0.05, 0) is 55.2 Å². The molecule has 0 aliphatic heterocycles. The first-order chi connectivity index (χ1) is 18.0. The normalized spacial score (nSPS) is 15.0. The summed E-state index contributed by atoms with van der Waals surface area (Å²) >= 11 is 5.89. The van der Waals surface area contributed by atoms with Crippen LogP contribution >= 0.6 is 11.6 Å². The van der Waals surface area contributed by atoms with Crippen molar-refractivity contribution in [3.05, 3.63) is 58.9 Å². The van der Waals surface area contributed by atoms with Gasteiger partial charge in [0.25, 0.3) is 0 Å². The van der Waals surface area contributed by atoms with Crippen LogP contribution in [0, 0.1) is 5.82 Å². The standard InChI is InChI=1S/C27H35ClFN3O5S/c1-4-25(27(34)30-20-10-6-5-7-11-20)31(17-19-9-8-12-22(15-19)37-2)26(33)18-32(38(3,35)36)21-13-14-24(29)23(28)16-21/h8-9,12-16,20,25H,4-7,10-11,17-18H2,1-3H3,(H,30,34)/t25-/m0/s1. The molecule has 208 valence electrons. The molecular weight excluding hydrogens is 533 g/mol. The lowest BCUT2D eigenvalue weighted by Crippen LogP contribution is -2.53. The number of carbonyl (C=O) groups excluding carboxylic acids is 2. The third kappa shape index (κ3) is 7.83. The summed E-state index contributed by atoms with van der Waals surface area (Å²) in [4.78, 5) is 28.6. The van der Waals surface area contributed by atoms with Crippen LogP contribution in [0.1, 0.15) is 51.0 Å². The first-order valence-electron chi connectivity index (χ1n) is 12.7. The molecule has 0 heterocycles. The van der Waals surface area contributed by atoms with Gasteiger partial charge in [0.15, 0.2) is 0 Å².